The molecule has 0 unspecified atom stereocenters. The summed E-state index contributed by atoms with van der Waals surface area (Å²) in [6.45, 7) is 16.0. The van der Waals surface area contributed by atoms with Gasteiger partial charge in [-0.1, -0.05) is 5.70 Å². The lowest BCUT2D eigenvalue weighted by atomic mass is 11.3. The first-order valence-corrected chi connectivity index (χ1v) is 13.4. The third kappa shape index (κ3) is 10.6. The van der Waals surface area contributed by atoms with E-state index in [1.807, 2.05) is 5.70 Å². The lowest BCUT2D eigenvalue weighted by molar-refractivity contribution is -0.151. The topological polar surface area (TPSA) is 27.7 Å². The van der Waals surface area contributed by atoms with E-state index in [2.05, 4.69) is 45.9 Å². The largest absolute Gasteiger partial charge is 0.375 e. The minimum Gasteiger partial charge on any atom is -0.375 e. The molecule has 0 spiro atoms. The van der Waals surface area contributed by atoms with Crippen LogP contribution < -0.4 is 0 Å². The van der Waals surface area contributed by atoms with E-state index in [1.165, 1.54) is 0 Å². The zero-order chi connectivity index (χ0) is 12.1. The molecule has 0 amide bonds. The molecule has 15 heavy (non-hydrogen) atoms. The van der Waals surface area contributed by atoms with E-state index in [9.17, 15) is 0 Å². The summed E-state index contributed by atoms with van der Waals surface area (Å²) in [6, 6.07) is 0. The lowest BCUT2D eigenvalue weighted by Crippen LogP contribution is -2.41. The molecule has 0 fully saturated rings. The molecule has 0 heterocycles. The van der Waals surface area contributed by atoms with Crippen LogP contribution in [0.15, 0.2) is 12.3 Å². The van der Waals surface area contributed by atoms with Gasteiger partial charge in [0.15, 0.2) is 26.4 Å². The molecule has 0 bridgehead atoms. The maximum absolute atomic E-state index is 5.83. The number of hydrogen-bond acceptors (Lipinski definition) is 3. The molecule has 0 N–H and O–H groups in total. The molecule has 6 heteroatoms. The van der Waals surface area contributed by atoms with Gasteiger partial charge in [-0.2, -0.15) is 0 Å². The summed E-state index contributed by atoms with van der Waals surface area (Å²) in [6.07, 6.45) is 0. The van der Waals surface area contributed by atoms with E-state index in [1.54, 1.807) is 0 Å². The summed E-state index contributed by atoms with van der Waals surface area (Å²) in [5.41, 5.74) is 1.84. The lowest BCUT2D eigenvalue weighted by Gasteiger charge is -2.31. The fraction of sp³-hybridized carbons (Fsp3) is 0.778. The van der Waals surface area contributed by atoms with Crippen molar-refractivity contribution in [3.05, 3.63) is 12.3 Å². The van der Waals surface area contributed by atoms with Gasteiger partial charge in [0, 0.05) is 0 Å². The standard InChI is InChI=1S/C9H24O3Si3/c1-8-13-10-9(11-14(2,3)4)12-15(5,6)7/h8-9H,1,13H2,2-7H3. The predicted molar refractivity (Wildman–Crippen MR) is 72.5 cm³/mol. The summed E-state index contributed by atoms with van der Waals surface area (Å²) in [5.74, 6) is 0. The van der Waals surface area contributed by atoms with Crippen molar-refractivity contribution in [3.63, 3.8) is 0 Å². The third-order valence-corrected chi connectivity index (χ3v) is 3.75. The second kappa shape index (κ2) is 6.12. The fourth-order valence-corrected chi connectivity index (χ4v) is 3.00. The highest BCUT2D eigenvalue weighted by Crippen LogP contribution is 2.14. The molecule has 0 aliphatic heterocycles. The molecule has 3 nitrogen and oxygen atoms in total. The Hall–Kier alpha value is 0.271. The zero-order valence-corrected chi connectivity index (χ0v) is 14.2. The van der Waals surface area contributed by atoms with Gasteiger partial charge >= 0.3 is 0 Å². The average Bonchev–Trinajstić information content (AvgIpc) is 1.94. The molecule has 0 aliphatic rings. The Labute approximate surface area is 98.0 Å². The van der Waals surface area contributed by atoms with Crippen molar-refractivity contribution in [1.29, 1.82) is 0 Å². The molecule has 0 aromatic heterocycles. The minimum atomic E-state index is -1.61. The Morgan fingerprint density at radius 2 is 1.40 bits per heavy atom. The normalized spacial score (nSPS) is 14.1. The van der Waals surface area contributed by atoms with Crippen LogP contribution in [0.3, 0.4) is 0 Å². The summed E-state index contributed by atoms with van der Waals surface area (Å²) >= 11 is 0. The van der Waals surface area contributed by atoms with Gasteiger partial charge in [0.1, 0.15) is 0 Å². The second-order valence-corrected chi connectivity index (χ2v) is 15.5. The molecule has 0 aromatic rings. The Balaban J connectivity index is 4.25. The van der Waals surface area contributed by atoms with Gasteiger partial charge in [-0.3, -0.25) is 0 Å². The first-order chi connectivity index (χ1) is 6.64. The van der Waals surface area contributed by atoms with Crippen molar-refractivity contribution in [2.45, 2.75) is 45.8 Å². The van der Waals surface area contributed by atoms with Crippen molar-refractivity contribution in [2.24, 2.45) is 0 Å². The Bertz CT molecular complexity index is 180. The van der Waals surface area contributed by atoms with E-state index >= 15 is 0 Å². The fourth-order valence-electron chi connectivity index (χ4n) is 0.816. The monoisotopic (exact) mass is 264 g/mol. The van der Waals surface area contributed by atoms with Gasteiger partial charge in [0.05, 0.1) is 0 Å². The van der Waals surface area contributed by atoms with Crippen molar-refractivity contribution in [3.8, 4) is 0 Å². The van der Waals surface area contributed by atoms with Crippen LogP contribution in [0.5, 0.6) is 0 Å². The average molecular weight is 265 g/mol. The van der Waals surface area contributed by atoms with E-state index in [0.29, 0.717) is 0 Å². The Kier molecular flexibility index (Phi) is 6.23. The van der Waals surface area contributed by atoms with Gasteiger partial charge in [-0.15, -0.1) is 6.58 Å². The molecule has 0 aliphatic carbocycles. The van der Waals surface area contributed by atoms with Crippen LogP contribution >= 0.6 is 0 Å². The van der Waals surface area contributed by atoms with Gasteiger partial charge in [-0.05, 0) is 39.3 Å². The maximum Gasteiger partial charge on any atom is 0.242 e. The van der Waals surface area contributed by atoms with Gasteiger partial charge in [-0.25, -0.2) is 0 Å². The minimum absolute atomic E-state index is 0.465. The number of rotatable bonds is 7. The third-order valence-electron chi connectivity index (χ3n) is 1.25. The van der Waals surface area contributed by atoms with Crippen LogP contribution in [0.25, 0.3) is 0 Å². The smallest absolute Gasteiger partial charge is 0.242 e. The highest BCUT2D eigenvalue weighted by molar-refractivity contribution is 6.70. The molecular formula is C9H24O3Si3. The Morgan fingerprint density at radius 1 is 1.00 bits per heavy atom. The van der Waals surface area contributed by atoms with Crippen molar-refractivity contribution >= 4 is 26.4 Å². The highest BCUT2D eigenvalue weighted by atomic mass is 28.4. The van der Waals surface area contributed by atoms with Crippen LogP contribution in [0.4, 0.5) is 0 Å². The predicted octanol–water partition coefficient (Wildman–Crippen LogP) is 2.22. The molecule has 0 atom stereocenters. The first-order valence-electron chi connectivity index (χ1n) is 5.22. The SMILES string of the molecule is C=C[SiH2]OC(O[Si](C)(C)C)O[Si](C)(C)C. The van der Waals surface area contributed by atoms with Crippen LogP contribution in [0.2, 0.25) is 39.3 Å². The van der Waals surface area contributed by atoms with E-state index in [-0.39, 0.29) is 0 Å². The van der Waals surface area contributed by atoms with E-state index < -0.39 is 32.9 Å². The quantitative estimate of drug-likeness (QED) is 0.521. The summed E-state index contributed by atoms with van der Waals surface area (Å²) in [7, 11) is -3.93. The van der Waals surface area contributed by atoms with E-state index in [0.717, 1.165) is 0 Å². The van der Waals surface area contributed by atoms with Crippen molar-refractivity contribution in [1.82, 2.24) is 0 Å². The van der Waals surface area contributed by atoms with Gasteiger partial charge in [0.25, 0.3) is 0 Å². The molecule has 0 saturated heterocycles. The van der Waals surface area contributed by atoms with Gasteiger partial charge < -0.3 is 13.3 Å². The van der Waals surface area contributed by atoms with Crippen LogP contribution in [-0.2, 0) is 13.3 Å². The van der Waals surface area contributed by atoms with Crippen molar-refractivity contribution < 1.29 is 13.3 Å². The molecule has 0 aromatic carbocycles. The molecule has 0 rings (SSSR count). The molecular weight excluding hydrogens is 240 g/mol. The van der Waals surface area contributed by atoms with Crippen LogP contribution in [0.1, 0.15) is 0 Å². The summed E-state index contributed by atoms with van der Waals surface area (Å²) < 4.78 is 17.3. The van der Waals surface area contributed by atoms with Crippen LogP contribution in [-0.4, -0.2) is 32.9 Å². The first kappa shape index (κ1) is 15.3. The highest BCUT2D eigenvalue weighted by Gasteiger charge is 2.26. The van der Waals surface area contributed by atoms with E-state index in [4.69, 9.17) is 13.3 Å². The number of hydrogen-bond donors (Lipinski definition) is 0. The second-order valence-electron chi connectivity index (χ2n) is 5.37. The van der Waals surface area contributed by atoms with Crippen molar-refractivity contribution in [2.75, 3.05) is 0 Å². The molecule has 0 saturated carbocycles. The van der Waals surface area contributed by atoms with Crippen LogP contribution in [0, 0.1) is 0 Å². The zero-order valence-electron chi connectivity index (χ0n) is 10.8. The Morgan fingerprint density at radius 3 is 1.67 bits per heavy atom. The van der Waals surface area contributed by atoms with Gasteiger partial charge in [0.2, 0.25) is 6.48 Å². The summed E-state index contributed by atoms with van der Waals surface area (Å²) in [5, 5.41) is 0. The molecule has 90 valence electrons. The maximum atomic E-state index is 5.83. The molecule has 0 radical (unpaired) electrons. The summed E-state index contributed by atoms with van der Waals surface area (Å²) in [4.78, 5) is 0.